The topological polar surface area (TPSA) is 53.4 Å². The summed E-state index contributed by atoms with van der Waals surface area (Å²) in [6, 6.07) is 16.0. The molecule has 1 aromatic heterocycles. The summed E-state index contributed by atoms with van der Waals surface area (Å²) in [4.78, 5) is 21.4. The molecule has 1 N–H and O–H groups in total. The third kappa shape index (κ3) is 4.83. The fourth-order valence-electron chi connectivity index (χ4n) is 3.64. The summed E-state index contributed by atoms with van der Waals surface area (Å²) in [5.74, 6) is 0.964. The monoisotopic (exact) mass is 423 g/mol. The second-order valence-corrected chi connectivity index (χ2v) is 7.97. The Bertz CT molecular complexity index is 993. The zero-order chi connectivity index (χ0) is 20.9. The maximum atomic E-state index is 12.3. The van der Waals surface area contributed by atoms with Crippen LogP contribution < -0.4 is 10.2 Å². The van der Waals surface area contributed by atoms with Crippen molar-refractivity contribution in [2.45, 2.75) is 13.5 Å². The van der Waals surface area contributed by atoms with Gasteiger partial charge in [-0.15, -0.1) is 0 Å². The molecular formula is C23H26ClN5O. The molecular weight excluding hydrogens is 398 g/mol. The van der Waals surface area contributed by atoms with E-state index < -0.39 is 0 Å². The number of carbonyl (C=O) groups is 1. The Morgan fingerprint density at radius 3 is 2.53 bits per heavy atom. The van der Waals surface area contributed by atoms with E-state index in [2.05, 4.69) is 55.9 Å². The maximum Gasteiger partial charge on any atom is 0.234 e. The number of hydrogen-bond acceptors (Lipinski definition) is 4. The van der Waals surface area contributed by atoms with Crippen LogP contribution in [0.2, 0.25) is 5.02 Å². The van der Waals surface area contributed by atoms with Crippen LogP contribution in [0, 0.1) is 6.92 Å². The van der Waals surface area contributed by atoms with E-state index in [4.69, 9.17) is 11.6 Å². The molecule has 1 saturated heterocycles. The number of carbonyl (C=O) groups excluding carboxylic acids is 1. The molecule has 0 spiro atoms. The molecule has 0 radical (unpaired) electrons. The molecule has 7 heteroatoms. The molecule has 1 aliphatic rings. The summed E-state index contributed by atoms with van der Waals surface area (Å²) in [5, 5.41) is 3.64. The first kappa shape index (κ1) is 20.4. The summed E-state index contributed by atoms with van der Waals surface area (Å²) in [5.41, 5.74) is 3.27. The number of rotatable bonds is 6. The van der Waals surface area contributed by atoms with Gasteiger partial charge in [0.25, 0.3) is 0 Å². The van der Waals surface area contributed by atoms with Crippen LogP contribution in [0.25, 0.3) is 5.69 Å². The predicted molar refractivity (Wildman–Crippen MR) is 120 cm³/mol. The summed E-state index contributed by atoms with van der Waals surface area (Å²) in [6.07, 6.45) is 3.83. The summed E-state index contributed by atoms with van der Waals surface area (Å²) in [6.45, 7) is 6.24. The number of anilines is 1. The standard InChI is InChI=1S/C23H26ClN5O/c1-18-6-8-20(9-7-18)29-11-10-25-23(29)28-14-12-27(13-15-28)17-22(30)26-16-19-4-2-3-5-21(19)24/h2-11H,12-17H2,1H3,(H,26,30). The summed E-state index contributed by atoms with van der Waals surface area (Å²) >= 11 is 6.15. The Balaban J connectivity index is 1.29. The number of nitrogens with one attached hydrogen (secondary N) is 1. The Kier molecular flexibility index (Phi) is 6.35. The van der Waals surface area contributed by atoms with Crippen LogP contribution in [0.3, 0.4) is 0 Å². The van der Waals surface area contributed by atoms with Crippen LogP contribution in [0.1, 0.15) is 11.1 Å². The molecule has 0 unspecified atom stereocenters. The van der Waals surface area contributed by atoms with Crippen molar-refractivity contribution in [3.05, 3.63) is 77.1 Å². The summed E-state index contributed by atoms with van der Waals surface area (Å²) < 4.78 is 2.12. The van der Waals surface area contributed by atoms with Gasteiger partial charge in [0.15, 0.2) is 0 Å². The van der Waals surface area contributed by atoms with E-state index in [0.29, 0.717) is 18.1 Å². The van der Waals surface area contributed by atoms with Crippen molar-refractivity contribution in [1.29, 1.82) is 0 Å². The van der Waals surface area contributed by atoms with Gasteiger partial charge in [0, 0.05) is 55.8 Å². The average Bonchev–Trinajstić information content (AvgIpc) is 3.24. The summed E-state index contributed by atoms with van der Waals surface area (Å²) in [7, 11) is 0. The van der Waals surface area contributed by atoms with Crippen LogP contribution in [-0.2, 0) is 11.3 Å². The van der Waals surface area contributed by atoms with Crippen LogP contribution in [0.15, 0.2) is 60.9 Å². The number of piperazine rings is 1. The molecule has 4 rings (SSSR count). The number of hydrogen-bond donors (Lipinski definition) is 1. The lowest BCUT2D eigenvalue weighted by atomic mass is 10.2. The van der Waals surface area contributed by atoms with Crippen molar-refractivity contribution in [2.75, 3.05) is 37.6 Å². The van der Waals surface area contributed by atoms with Gasteiger partial charge >= 0.3 is 0 Å². The van der Waals surface area contributed by atoms with Gasteiger partial charge in [-0.25, -0.2) is 4.98 Å². The normalized spacial score (nSPS) is 14.7. The van der Waals surface area contributed by atoms with E-state index in [-0.39, 0.29) is 5.91 Å². The molecule has 0 aliphatic carbocycles. The van der Waals surface area contributed by atoms with Crippen molar-refractivity contribution in [3.63, 3.8) is 0 Å². The number of nitrogens with zero attached hydrogens (tertiary/aromatic N) is 4. The number of imidazole rings is 1. The Labute approximate surface area is 182 Å². The van der Waals surface area contributed by atoms with E-state index in [1.165, 1.54) is 5.56 Å². The van der Waals surface area contributed by atoms with Gasteiger partial charge in [-0.2, -0.15) is 0 Å². The highest BCUT2D eigenvalue weighted by Crippen LogP contribution is 2.20. The van der Waals surface area contributed by atoms with Crippen LogP contribution in [0.5, 0.6) is 0 Å². The molecule has 1 fully saturated rings. The van der Waals surface area contributed by atoms with Crippen molar-refractivity contribution in [1.82, 2.24) is 19.8 Å². The van der Waals surface area contributed by atoms with Crippen molar-refractivity contribution >= 4 is 23.5 Å². The molecule has 1 amide bonds. The fraction of sp³-hybridized carbons (Fsp3) is 0.304. The SMILES string of the molecule is Cc1ccc(-n2ccnc2N2CCN(CC(=O)NCc3ccccc3Cl)CC2)cc1. The Morgan fingerprint density at radius 2 is 1.80 bits per heavy atom. The number of amides is 1. The van der Waals surface area contributed by atoms with Crippen molar-refractivity contribution < 1.29 is 4.79 Å². The van der Waals surface area contributed by atoms with E-state index in [1.807, 2.05) is 36.7 Å². The van der Waals surface area contributed by atoms with Gasteiger partial charge in [-0.3, -0.25) is 14.3 Å². The van der Waals surface area contributed by atoms with Gasteiger partial charge in [0.1, 0.15) is 0 Å². The third-order valence-corrected chi connectivity index (χ3v) is 5.76. The minimum absolute atomic E-state index is 0.0181. The first-order valence-electron chi connectivity index (χ1n) is 10.2. The molecule has 3 aromatic rings. The lowest BCUT2D eigenvalue weighted by Gasteiger charge is -2.35. The van der Waals surface area contributed by atoms with Gasteiger partial charge in [-0.05, 0) is 30.7 Å². The van der Waals surface area contributed by atoms with E-state index in [0.717, 1.165) is 43.4 Å². The molecule has 0 bridgehead atoms. The fourth-order valence-corrected chi connectivity index (χ4v) is 3.84. The Morgan fingerprint density at radius 1 is 1.07 bits per heavy atom. The highest BCUT2D eigenvalue weighted by molar-refractivity contribution is 6.31. The average molecular weight is 424 g/mol. The lowest BCUT2D eigenvalue weighted by molar-refractivity contribution is -0.122. The molecule has 156 valence electrons. The van der Waals surface area contributed by atoms with Crippen LogP contribution in [0.4, 0.5) is 5.95 Å². The van der Waals surface area contributed by atoms with Crippen molar-refractivity contribution in [3.8, 4) is 5.69 Å². The molecule has 2 heterocycles. The Hall–Kier alpha value is -2.83. The molecule has 0 saturated carbocycles. The maximum absolute atomic E-state index is 12.3. The molecule has 30 heavy (non-hydrogen) atoms. The van der Waals surface area contributed by atoms with Crippen LogP contribution >= 0.6 is 11.6 Å². The minimum atomic E-state index is 0.0181. The minimum Gasteiger partial charge on any atom is -0.351 e. The first-order chi connectivity index (χ1) is 14.6. The first-order valence-corrected chi connectivity index (χ1v) is 10.6. The quantitative estimate of drug-likeness (QED) is 0.661. The highest BCUT2D eigenvalue weighted by atomic mass is 35.5. The van der Waals surface area contributed by atoms with Gasteiger partial charge in [0.2, 0.25) is 11.9 Å². The second-order valence-electron chi connectivity index (χ2n) is 7.56. The zero-order valence-corrected chi connectivity index (χ0v) is 17.8. The van der Waals surface area contributed by atoms with Crippen molar-refractivity contribution in [2.24, 2.45) is 0 Å². The second kappa shape index (κ2) is 9.32. The smallest absolute Gasteiger partial charge is 0.234 e. The zero-order valence-electron chi connectivity index (χ0n) is 17.1. The molecule has 2 aromatic carbocycles. The molecule has 6 nitrogen and oxygen atoms in total. The van der Waals surface area contributed by atoms with E-state index >= 15 is 0 Å². The third-order valence-electron chi connectivity index (χ3n) is 5.39. The largest absolute Gasteiger partial charge is 0.351 e. The predicted octanol–water partition coefficient (Wildman–Crippen LogP) is 3.27. The molecule has 1 aliphatic heterocycles. The van der Waals surface area contributed by atoms with E-state index in [1.54, 1.807) is 0 Å². The highest BCUT2D eigenvalue weighted by Gasteiger charge is 2.22. The van der Waals surface area contributed by atoms with Gasteiger partial charge in [0.05, 0.1) is 6.54 Å². The number of aryl methyl sites for hydroxylation is 1. The number of benzene rings is 2. The van der Waals surface area contributed by atoms with Gasteiger partial charge < -0.3 is 10.2 Å². The van der Waals surface area contributed by atoms with E-state index in [9.17, 15) is 4.79 Å². The molecule has 0 atom stereocenters. The lowest BCUT2D eigenvalue weighted by Crippen LogP contribution is -2.50. The number of aromatic nitrogens is 2. The van der Waals surface area contributed by atoms with Gasteiger partial charge in [-0.1, -0.05) is 47.5 Å². The van der Waals surface area contributed by atoms with Crippen LogP contribution in [-0.4, -0.2) is 53.1 Å². The number of halogens is 1.